The van der Waals surface area contributed by atoms with Gasteiger partial charge in [0.25, 0.3) is 0 Å². The summed E-state index contributed by atoms with van der Waals surface area (Å²) in [5.74, 6) is -6.60. The lowest BCUT2D eigenvalue weighted by molar-refractivity contribution is -1.04. The Morgan fingerprint density at radius 2 is 1.47 bits per heavy atom. The Kier molecular flexibility index (Phi) is 12.9. The number of β-amino-alcohol motifs (C(OH)–C–C–N with tert-alkyl or cyclic N) is 1. The number of aliphatic hydroxyl groups excluding tert-OH is 7. The molecule has 18 nitrogen and oxygen atoms in total. The third-order valence-electron chi connectivity index (χ3n) is 13.2. The van der Waals surface area contributed by atoms with E-state index in [1.807, 2.05) is 0 Å². The highest BCUT2D eigenvalue weighted by Gasteiger charge is 2.83. The van der Waals surface area contributed by atoms with Crippen LogP contribution in [0.4, 0.5) is 5.69 Å². The molecule has 5 saturated heterocycles. The summed E-state index contributed by atoms with van der Waals surface area (Å²) in [5, 5.41) is 103. The zero-order chi connectivity index (χ0) is 40.9. The van der Waals surface area contributed by atoms with Gasteiger partial charge in [-0.05, 0) is 62.0 Å². The molecule has 1 saturated carbocycles. The predicted octanol–water partition coefficient (Wildman–Crippen LogP) is -2.90. The lowest BCUT2D eigenvalue weighted by atomic mass is 9.60. The first-order valence-electron chi connectivity index (χ1n) is 18.6. The van der Waals surface area contributed by atoms with Crippen molar-refractivity contribution in [1.82, 2.24) is 4.90 Å². The summed E-state index contributed by atoms with van der Waals surface area (Å²) in [4.78, 5) is 43.8. The number of fused-ring (bicyclic) bond motifs is 2. The highest BCUT2D eigenvalue weighted by Crippen LogP contribution is 2.71. The molecule has 2 unspecified atom stereocenters. The fourth-order valence-corrected chi connectivity index (χ4v) is 11.5. The second-order valence-corrected chi connectivity index (χ2v) is 16.7. The van der Waals surface area contributed by atoms with E-state index in [0.717, 1.165) is 36.8 Å². The number of aliphatic carboxylic acids is 4. The number of hydrogen-bond acceptors (Lipinski definition) is 14. The van der Waals surface area contributed by atoms with Crippen molar-refractivity contribution in [3.05, 3.63) is 28.2 Å². The molecular weight excluding hydrogens is 794 g/mol. The van der Waals surface area contributed by atoms with Crippen LogP contribution in [0.2, 0.25) is 0 Å². The largest absolute Gasteiger partial charge is 0.547 e. The van der Waals surface area contributed by atoms with Crippen molar-refractivity contribution in [3.8, 4) is 0 Å². The van der Waals surface area contributed by atoms with Crippen LogP contribution in [0.25, 0.3) is 0 Å². The maximum Gasteiger partial charge on any atom is 0.335 e. The summed E-state index contributed by atoms with van der Waals surface area (Å²) in [6.07, 6.45) is -3.91. The molecule has 15 atom stereocenters. The Labute approximate surface area is 325 Å². The number of carboxylic acids is 4. The van der Waals surface area contributed by atoms with Crippen molar-refractivity contribution < 1.29 is 79.8 Å². The van der Waals surface area contributed by atoms with Gasteiger partial charge in [0.1, 0.15) is 24.8 Å². The van der Waals surface area contributed by atoms with Crippen molar-refractivity contribution in [2.45, 2.75) is 112 Å². The smallest absolute Gasteiger partial charge is 0.335 e. The van der Waals surface area contributed by atoms with Crippen LogP contribution in [0, 0.1) is 17.8 Å². The van der Waals surface area contributed by atoms with Gasteiger partial charge in [0.2, 0.25) is 0 Å². The SMILES string of the molecule is CC[C@H]1[C@@H]2C[C@H]3[C@@H]4N(C)c5ccc(Br)cc5[C@]45C[C@@H](C2[C@@H]5O)[N+]3(C[C@H](O)CN2CCCCC2)[C@@H]1O.O=C(O)[C@H](O)[C@@H](O)C(=O)O.O=C([O-])[C@H](O)[C@@H](O)C(=O)O. The van der Waals surface area contributed by atoms with Gasteiger partial charge in [-0.25, -0.2) is 14.4 Å². The number of nitrogens with zero attached hydrogens (tertiary/aromatic N) is 3. The Morgan fingerprint density at radius 1 is 0.909 bits per heavy atom. The molecule has 10 N–H and O–H groups in total. The molecule has 1 spiro atoms. The van der Waals surface area contributed by atoms with Crippen LogP contribution < -0.4 is 10.0 Å². The Hall–Kier alpha value is -2.98. The number of carbonyl (C=O) groups is 4. The number of likely N-dealkylation sites (tertiary alicyclic amines) is 1. The number of quaternary nitrogens is 1. The van der Waals surface area contributed by atoms with Crippen LogP contribution in [-0.2, 0) is 24.6 Å². The second-order valence-electron chi connectivity index (χ2n) is 15.8. The number of anilines is 1. The number of aliphatic hydroxyl groups is 7. The molecule has 6 heterocycles. The number of piperidine rings is 5. The van der Waals surface area contributed by atoms with Crippen LogP contribution in [0.1, 0.15) is 51.0 Å². The molecule has 19 heteroatoms. The van der Waals surface area contributed by atoms with Gasteiger partial charge in [0.15, 0.2) is 24.5 Å². The predicted molar refractivity (Wildman–Crippen MR) is 191 cm³/mol. The highest BCUT2D eigenvalue weighted by atomic mass is 79.9. The monoisotopic (exact) mass is 845 g/mol. The normalized spacial score (nSPS) is 36.5. The van der Waals surface area contributed by atoms with Crippen LogP contribution in [-0.4, -0.2) is 179 Å². The van der Waals surface area contributed by atoms with E-state index in [2.05, 4.69) is 57.9 Å². The van der Waals surface area contributed by atoms with E-state index in [0.29, 0.717) is 23.5 Å². The first-order chi connectivity index (χ1) is 25.8. The van der Waals surface area contributed by atoms with Crippen molar-refractivity contribution in [3.63, 3.8) is 0 Å². The molecule has 1 aromatic rings. The summed E-state index contributed by atoms with van der Waals surface area (Å²) >= 11 is 3.71. The highest BCUT2D eigenvalue weighted by molar-refractivity contribution is 9.10. The third kappa shape index (κ3) is 7.25. The lowest BCUT2D eigenvalue weighted by Gasteiger charge is -2.68. The fraction of sp³-hybridized carbons (Fsp3) is 0.722. The first-order valence-corrected chi connectivity index (χ1v) is 19.3. The molecule has 0 aromatic heterocycles. The standard InChI is InChI=1S/C28H41BrN3O3.2C4H6O6/c1-3-18-19-12-22-25-28(20-11-16(29)7-8-21(20)30(25)2)13-23(24(19)26(28)34)32(22,27(18)35)15-17(33)14-31-9-5-4-6-10-31;2*5-1(3(7)8)2(6)4(9)10/h7-8,11,17-19,22-27,33-35H,3-6,9-10,12-15H2,1-2H3;2*1-2,5-6H,(H,7,8)(H,9,10)/q+1;;/p-1/t17-,18+,19+,22+,23+,24?,25+,26+,27-,28-,32?;2*1-,2-/m111/s1. The summed E-state index contributed by atoms with van der Waals surface area (Å²) in [6.45, 7) is 5.67. The molecule has 0 amide bonds. The number of carbonyl (C=O) groups excluding carboxylic acids is 1. The zero-order valence-electron chi connectivity index (χ0n) is 30.5. The molecule has 5 bridgehead atoms. The van der Waals surface area contributed by atoms with Crippen LogP contribution in [0.3, 0.4) is 0 Å². The Balaban J connectivity index is 0.000000241. The summed E-state index contributed by atoms with van der Waals surface area (Å²) < 4.78 is 1.68. The zero-order valence-corrected chi connectivity index (χ0v) is 32.1. The van der Waals surface area contributed by atoms with Gasteiger partial charge in [-0.1, -0.05) is 29.3 Å². The summed E-state index contributed by atoms with van der Waals surface area (Å²) in [7, 11) is 2.20. The molecule has 0 radical (unpaired) electrons. The second kappa shape index (κ2) is 16.5. The average Bonchev–Trinajstić information content (AvgIpc) is 3.52. The molecule has 55 heavy (non-hydrogen) atoms. The van der Waals surface area contributed by atoms with Gasteiger partial charge in [-0.2, -0.15) is 0 Å². The maximum absolute atomic E-state index is 12.2. The number of halogens is 1. The van der Waals surface area contributed by atoms with E-state index in [1.54, 1.807) is 0 Å². The van der Waals surface area contributed by atoms with Crippen LogP contribution in [0.5, 0.6) is 0 Å². The molecule has 1 aliphatic carbocycles. The van der Waals surface area contributed by atoms with Gasteiger partial charge in [0, 0.05) is 48.4 Å². The van der Waals surface area contributed by atoms with Gasteiger partial charge in [0.05, 0.1) is 29.6 Å². The quantitative estimate of drug-likeness (QED) is 0.1000. The van der Waals surface area contributed by atoms with E-state index >= 15 is 0 Å². The number of hydrogen-bond donors (Lipinski definition) is 10. The van der Waals surface area contributed by atoms with E-state index in [-0.39, 0.29) is 35.4 Å². The molecular formula is C36H52BrN3O15. The van der Waals surface area contributed by atoms with Gasteiger partial charge >= 0.3 is 17.9 Å². The number of benzene rings is 1. The molecule has 308 valence electrons. The Morgan fingerprint density at radius 3 is 1.98 bits per heavy atom. The average molecular weight is 847 g/mol. The van der Waals surface area contributed by atoms with Crippen molar-refractivity contribution in [2.24, 2.45) is 17.8 Å². The Bertz CT molecular complexity index is 1540. The molecule has 8 rings (SSSR count). The molecule has 6 fully saturated rings. The minimum absolute atomic E-state index is 0.155. The lowest BCUT2D eigenvalue weighted by Crippen LogP contribution is -2.84. The molecule has 1 aromatic carbocycles. The van der Waals surface area contributed by atoms with Crippen LogP contribution >= 0.6 is 15.9 Å². The number of likely N-dealkylation sites (N-methyl/N-ethyl adjacent to an activating group) is 1. The van der Waals surface area contributed by atoms with Crippen LogP contribution in [0.15, 0.2) is 22.7 Å². The molecule has 7 aliphatic rings. The molecule has 6 aliphatic heterocycles. The number of carboxylic acid groups (broad SMARTS) is 4. The summed E-state index contributed by atoms with van der Waals surface area (Å²) in [6, 6.07) is 7.18. The van der Waals surface area contributed by atoms with Crippen molar-refractivity contribution >= 4 is 45.5 Å². The van der Waals surface area contributed by atoms with E-state index in [9.17, 15) is 39.6 Å². The van der Waals surface area contributed by atoms with Crippen molar-refractivity contribution in [1.29, 1.82) is 0 Å². The first kappa shape index (κ1) is 43.1. The van der Waals surface area contributed by atoms with Gasteiger partial charge < -0.3 is 70.8 Å². The minimum atomic E-state index is -2.38. The minimum Gasteiger partial charge on any atom is -0.547 e. The topological polar surface area (TPSA) is 300 Å². The number of rotatable bonds is 11. The van der Waals surface area contributed by atoms with Crippen molar-refractivity contribution in [2.75, 3.05) is 38.1 Å². The van der Waals surface area contributed by atoms with E-state index < -0.39 is 66.7 Å². The third-order valence-corrected chi connectivity index (χ3v) is 13.7. The van der Waals surface area contributed by atoms with Gasteiger partial charge in [-0.3, -0.25) is 4.48 Å². The van der Waals surface area contributed by atoms with E-state index in [4.69, 9.17) is 35.7 Å². The maximum atomic E-state index is 12.2. The van der Waals surface area contributed by atoms with Gasteiger partial charge in [-0.15, -0.1) is 0 Å². The summed E-state index contributed by atoms with van der Waals surface area (Å²) in [5.41, 5.74) is 2.25. The fourth-order valence-electron chi connectivity index (χ4n) is 11.2. The van der Waals surface area contributed by atoms with E-state index in [1.165, 1.54) is 30.5 Å².